The number of carbonyl (C=O) groups excluding carboxylic acids is 1. The van der Waals surface area contributed by atoms with Crippen LogP contribution in [0.5, 0.6) is 0 Å². The maximum atomic E-state index is 12.9. The molecule has 3 aromatic rings. The van der Waals surface area contributed by atoms with Gasteiger partial charge in [-0.1, -0.05) is 36.4 Å². The van der Waals surface area contributed by atoms with Crippen LogP contribution in [0.25, 0.3) is 0 Å². The Labute approximate surface area is 185 Å². The zero-order valence-electron chi connectivity index (χ0n) is 16.8. The van der Waals surface area contributed by atoms with Crippen LogP contribution in [0.4, 0.5) is 0 Å². The van der Waals surface area contributed by atoms with E-state index in [4.69, 9.17) is 4.74 Å². The van der Waals surface area contributed by atoms with Crippen molar-refractivity contribution in [1.29, 1.82) is 0 Å². The van der Waals surface area contributed by atoms with E-state index in [0.29, 0.717) is 12.1 Å². The Morgan fingerprint density at radius 2 is 1.87 bits per heavy atom. The fraction of sp³-hybridized carbons (Fsp3) is 0.304. The van der Waals surface area contributed by atoms with Gasteiger partial charge in [0.1, 0.15) is 0 Å². The highest BCUT2D eigenvalue weighted by Gasteiger charge is 2.15. The highest BCUT2D eigenvalue weighted by atomic mass is 32.2. The molecule has 30 heavy (non-hydrogen) atoms. The Balaban J connectivity index is 1.39. The van der Waals surface area contributed by atoms with Crippen LogP contribution in [0.2, 0.25) is 0 Å². The van der Waals surface area contributed by atoms with E-state index in [0.717, 1.165) is 54.8 Å². The second kappa shape index (κ2) is 10.7. The third kappa shape index (κ3) is 5.70. The van der Waals surface area contributed by atoms with Gasteiger partial charge in [0.2, 0.25) is 0 Å². The topological polar surface area (TPSA) is 54.5 Å². The second-order valence-corrected chi connectivity index (χ2v) is 8.84. The summed E-state index contributed by atoms with van der Waals surface area (Å²) in [5, 5.41) is 5.16. The van der Waals surface area contributed by atoms with Crippen molar-refractivity contribution in [3.63, 3.8) is 0 Å². The molecule has 4 rings (SSSR count). The number of ether oxygens (including phenoxy) is 1. The molecule has 1 amide bonds. The average molecular weight is 440 g/mol. The first-order chi connectivity index (χ1) is 14.8. The third-order valence-electron chi connectivity index (χ3n) is 5.05. The molecule has 1 fully saturated rings. The maximum absolute atomic E-state index is 12.9. The largest absolute Gasteiger partial charge is 0.379 e. The van der Waals surface area contributed by atoms with Gasteiger partial charge < -0.3 is 10.1 Å². The number of thiazole rings is 1. The molecule has 7 heteroatoms. The second-order valence-electron chi connectivity index (χ2n) is 7.10. The Bertz CT molecular complexity index is 957. The molecule has 1 aliphatic heterocycles. The van der Waals surface area contributed by atoms with Crippen molar-refractivity contribution >= 4 is 29.0 Å². The predicted molar refractivity (Wildman–Crippen MR) is 122 cm³/mol. The van der Waals surface area contributed by atoms with Crippen molar-refractivity contribution in [3.05, 3.63) is 81.8 Å². The van der Waals surface area contributed by atoms with Crippen LogP contribution >= 0.6 is 23.1 Å². The summed E-state index contributed by atoms with van der Waals surface area (Å²) in [5.74, 6) is 0.716. The lowest BCUT2D eigenvalue weighted by atomic mass is 10.1. The maximum Gasteiger partial charge on any atom is 0.252 e. The molecule has 5 nitrogen and oxygen atoms in total. The van der Waals surface area contributed by atoms with Gasteiger partial charge in [-0.15, -0.1) is 23.1 Å². The van der Waals surface area contributed by atoms with E-state index in [1.165, 1.54) is 5.56 Å². The lowest BCUT2D eigenvalue weighted by Gasteiger charge is -2.27. The van der Waals surface area contributed by atoms with E-state index >= 15 is 0 Å². The number of thioether (sulfide) groups is 1. The molecule has 1 aliphatic rings. The minimum Gasteiger partial charge on any atom is -0.379 e. The van der Waals surface area contributed by atoms with E-state index in [2.05, 4.69) is 33.4 Å². The van der Waals surface area contributed by atoms with Crippen LogP contribution in [0, 0.1) is 0 Å². The van der Waals surface area contributed by atoms with Gasteiger partial charge in [0.15, 0.2) is 0 Å². The van der Waals surface area contributed by atoms with Crippen LogP contribution in [0.1, 0.15) is 27.2 Å². The minimum absolute atomic E-state index is 0.0439. The molecular formula is C23H25N3O2S2. The highest BCUT2D eigenvalue weighted by Crippen LogP contribution is 2.26. The van der Waals surface area contributed by atoms with Gasteiger partial charge in [-0.05, 0) is 23.3 Å². The third-order valence-corrected chi connectivity index (χ3v) is 6.79. The standard InChI is InChI=1S/C23H25N3O2S2/c27-23(21-7-3-4-8-22(21)30-16-20-15-29-17-25-20)24-13-18-5-1-2-6-19(18)14-26-9-11-28-12-10-26/h1-8,15,17H,9-14,16H2,(H,24,27). The van der Waals surface area contributed by atoms with Crippen molar-refractivity contribution in [2.75, 3.05) is 26.3 Å². The number of amides is 1. The van der Waals surface area contributed by atoms with Crippen molar-refractivity contribution in [2.24, 2.45) is 0 Å². The van der Waals surface area contributed by atoms with Crippen LogP contribution in [0.3, 0.4) is 0 Å². The van der Waals surface area contributed by atoms with Gasteiger partial charge in [-0.2, -0.15) is 0 Å². The highest BCUT2D eigenvalue weighted by molar-refractivity contribution is 7.98. The summed E-state index contributed by atoms with van der Waals surface area (Å²) in [6, 6.07) is 16.1. The van der Waals surface area contributed by atoms with Crippen LogP contribution in [0.15, 0.2) is 64.3 Å². The minimum atomic E-state index is -0.0439. The summed E-state index contributed by atoms with van der Waals surface area (Å²) in [6.07, 6.45) is 0. The summed E-state index contributed by atoms with van der Waals surface area (Å²) >= 11 is 3.24. The smallest absolute Gasteiger partial charge is 0.252 e. The molecule has 1 aromatic heterocycles. The van der Waals surface area contributed by atoms with Gasteiger partial charge in [0.25, 0.3) is 5.91 Å². The monoisotopic (exact) mass is 439 g/mol. The first kappa shape index (κ1) is 21.1. The molecule has 2 heterocycles. The molecule has 2 aromatic carbocycles. The Morgan fingerprint density at radius 1 is 1.10 bits per heavy atom. The lowest BCUT2D eigenvalue weighted by Crippen LogP contribution is -2.36. The molecule has 0 bridgehead atoms. The summed E-state index contributed by atoms with van der Waals surface area (Å²) in [6.45, 7) is 4.87. The van der Waals surface area contributed by atoms with Gasteiger partial charge in [-0.25, -0.2) is 4.98 Å². The normalized spacial score (nSPS) is 14.5. The SMILES string of the molecule is O=C(NCc1ccccc1CN1CCOCC1)c1ccccc1SCc1cscn1. The summed E-state index contributed by atoms with van der Waals surface area (Å²) in [7, 11) is 0. The fourth-order valence-corrected chi connectivity index (χ4v) is 5.01. The van der Waals surface area contributed by atoms with Crippen molar-refractivity contribution in [3.8, 4) is 0 Å². The molecule has 0 saturated carbocycles. The summed E-state index contributed by atoms with van der Waals surface area (Å²) in [5.41, 5.74) is 6.00. The molecule has 1 saturated heterocycles. The fourth-order valence-electron chi connectivity index (χ4n) is 3.40. The Morgan fingerprint density at radius 3 is 2.67 bits per heavy atom. The molecule has 1 N–H and O–H groups in total. The summed E-state index contributed by atoms with van der Waals surface area (Å²) in [4.78, 5) is 20.6. The number of nitrogens with zero attached hydrogens (tertiary/aromatic N) is 2. The number of hydrogen-bond donors (Lipinski definition) is 1. The first-order valence-electron chi connectivity index (χ1n) is 10.0. The Hall–Kier alpha value is -2.19. The van der Waals surface area contributed by atoms with Crippen molar-refractivity contribution < 1.29 is 9.53 Å². The van der Waals surface area contributed by atoms with E-state index in [1.54, 1.807) is 23.1 Å². The van der Waals surface area contributed by atoms with Crippen LogP contribution in [-0.2, 0) is 23.6 Å². The number of aromatic nitrogens is 1. The van der Waals surface area contributed by atoms with Gasteiger partial charge in [-0.3, -0.25) is 9.69 Å². The number of benzene rings is 2. The zero-order chi connectivity index (χ0) is 20.6. The summed E-state index contributed by atoms with van der Waals surface area (Å²) < 4.78 is 5.45. The first-order valence-corrected chi connectivity index (χ1v) is 12.0. The molecule has 0 atom stereocenters. The zero-order valence-corrected chi connectivity index (χ0v) is 18.4. The van der Waals surface area contributed by atoms with Crippen LogP contribution < -0.4 is 5.32 Å². The Kier molecular flexibility index (Phi) is 7.53. The number of hydrogen-bond acceptors (Lipinski definition) is 6. The predicted octanol–water partition coefficient (Wildman–Crippen LogP) is 4.20. The molecule has 0 unspecified atom stereocenters. The van der Waals surface area contributed by atoms with E-state index < -0.39 is 0 Å². The molecule has 0 spiro atoms. The quantitative estimate of drug-likeness (QED) is 0.533. The van der Waals surface area contributed by atoms with Gasteiger partial charge in [0, 0.05) is 42.2 Å². The number of nitrogens with one attached hydrogen (secondary N) is 1. The van der Waals surface area contributed by atoms with E-state index in [-0.39, 0.29) is 5.91 Å². The molecule has 0 radical (unpaired) electrons. The molecular weight excluding hydrogens is 414 g/mol. The van der Waals surface area contributed by atoms with Crippen molar-refractivity contribution in [2.45, 2.75) is 23.7 Å². The van der Waals surface area contributed by atoms with Crippen LogP contribution in [-0.4, -0.2) is 42.1 Å². The number of morpholine rings is 1. The van der Waals surface area contributed by atoms with Gasteiger partial charge >= 0.3 is 0 Å². The van der Waals surface area contributed by atoms with E-state index in [1.807, 2.05) is 41.2 Å². The lowest BCUT2D eigenvalue weighted by molar-refractivity contribution is 0.0340. The number of carbonyl (C=O) groups is 1. The van der Waals surface area contributed by atoms with Crippen molar-refractivity contribution in [1.82, 2.24) is 15.2 Å². The van der Waals surface area contributed by atoms with Gasteiger partial charge in [0.05, 0.1) is 30.0 Å². The molecule has 156 valence electrons. The molecule has 0 aliphatic carbocycles. The van der Waals surface area contributed by atoms with E-state index in [9.17, 15) is 4.79 Å². The number of rotatable bonds is 8. The average Bonchev–Trinajstić information content (AvgIpc) is 3.31.